The van der Waals surface area contributed by atoms with Crippen molar-refractivity contribution >= 4 is 17.4 Å². The van der Waals surface area contributed by atoms with E-state index in [2.05, 4.69) is 40.0 Å². The summed E-state index contributed by atoms with van der Waals surface area (Å²) in [7, 11) is 0. The van der Waals surface area contributed by atoms with E-state index in [1.54, 1.807) is 24.3 Å². The first-order valence-electron chi connectivity index (χ1n) is 10.0. The third-order valence-corrected chi connectivity index (χ3v) is 5.20. The number of carbonyl (C=O) groups excluding carboxylic acids is 1. The van der Waals surface area contributed by atoms with Gasteiger partial charge in [-0.05, 0) is 32.0 Å². The number of amides is 1. The highest BCUT2D eigenvalue weighted by atomic mass is 16.2. The van der Waals surface area contributed by atoms with Crippen molar-refractivity contribution in [3.8, 4) is 6.07 Å². The average molecular weight is 393 g/mol. The molecule has 0 radical (unpaired) electrons. The fourth-order valence-electron chi connectivity index (χ4n) is 3.41. The molecule has 2 aromatic rings. The van der Waals surface area contributed by atoms with Crippen LogP contribution in [0, 0.1) is 18.3 Å². The molecule has 7 nitrogen and oxygen atoms in total. The van der Waals surface area contributed by atoms with E-state index in [-0.39, 0.29) is 17.9 Å². The lowest BCUT2D eigenvalue weighted by atomic mass is 10.2. The number of aromatic nitrogens is 2. The number of aryl methyl sites for hydroxylation is 1. The Morgan fingerprint density at radius 3 is 2.52 bits per heavy atom. The highest BCUT2D eigenvalue weighted by molar-refractivity contribution is 5.94. The molecule has 1 aromatic carbocycles. The Labute approximate surface area is 172 Å². The Morgan fingerprint density at radius 1 is 1.14 bits per heavy atom. The molecule has 29 heavy (non-hydrogen) atoms. The van der Waals surface area contributed by atoms with Crippen LogP contribution in [0.3, 0.4) is 0 Å². The number of nitrogens with one attached hydrogen (secondary N) is 1. The van der Waals surface area contributed by atoms with Crippen molar-refractivity contribution in [2.45, 2.75) is 39.7 Å². The summed E-state index contributed by atoms with van der Waals surface area (Å²) in [5, 5.41) is 11.9. The summed E-state index contributed by atoms with van der Waals surface area (Å²) in [6.07, 6.45) is 0. The van der Waals surface area contributed by atoms with Crippen molar-refractivity contribution in [2.24, 2.45) is 0 Å². The monoisotopic (exact) mass is 392 g/mol. The van der Waals surface area contributed by atoms with Crippen LogP contribution in [-0.2, 0) is 4.79 Å². The minimum Gasteiger partial charge on any atom is -0.354 e. The van der Waals surface area contributed by atoms with Gasteiger partial charge < -0.3 is 10.2 Å². The SMILES string of the molecule is Cc1cc(N2CCN(C(C)C(=O)Nc3cccc(C#N)c3)CC2)nc(C(C)C)n1. The van der Waals surface area contributed by atoms with Crippen LogP contribution in [0.4, 0.5) is 11.5 Å². The number of piperazine rings is 1. The molecule has 1 aliphatic heterocycles. The second-order valence-electron chi connectivity index (χ2n) is 7.76. The molecule has 1 aromatic heterocycles. The Hall–Kier alpha value is -2.98. The van der Waals surface area contributed by atoms with Crippen molar-refractivity contribution in [1.29, 1.82) is 5.26 Å². The minimum absolute atomic E-state index is 0.0616. The van der Waals surface area contributed by atoms with E-state index in [4.69, 9.17) is 10.2 Å². The van der Waals surface area contributed by atoms with E-state index < -0.39 is 0 Å². The van der Waals surface area contributed by atoms with Gasteiger partial charge in [0.1, 0.15) is 11.6 Å². The summed E-state index contributed by atoms with van der Waals surface area (Å²) in [6, 6.07) is 10.8. The fraction of sp³-hybridized carbons (Fsp3) is 0.455. The zero-order valence-corrected chi connectivity index (χ0v) is 17.5. The van der Waals surface area contributed by atoms with Crippen LogP contribution in [-0.4, -0.2) is 53.0 Å². The molecule has 152 valence electrons. The van der Waals surface area contributed by atoms with Crippen molar-refractivity contribution in [3.63, 3.8) is 0 Å². The second kappa shape index (κ2) is 9.01. The van der Waals surface area contributed by atoms with Crippen LogP contribution in [0.25, 0.3) is 0 Å². The number of hydrogen-bond acceptors (Lipinski definition) is 6. The number of hydrogen-bond donors (Lipinski definition) is 1. The van der Waals surface area contributed by atoms with Crippen LogP contribution in [0.1, 0.15) is 43.8 Å². The summed E-state index contributed by atoms with van der Waals surface area (Å²) in [6.45, 7) is 11.3. The molecule has 3 rings (SSSR count). The molecule has 1 atom stereocenters. The van der Waals surface area contributed by atoms with E-state index in [9.17, 15) is 4.79 Å². The van der Waals surface area contributed by atoms with Gasteiger partial charge in [-0.1, -0.05) is 19.9 Å². The van der Waals surface area contributed by atoms with Crippen LogP contribution in [0.5, 0.6) is 0 Å². The number of nitriles is 1. The van der Waals surface area contributed by atoms with Gasteiger partial charge in [-0.25, -0.2) is 9.97 Å². The Balaban J connectivity index is 1.60. The van der Waals surface area contributed by atoms with Crippen molar-refractivity contribution in [1.82, 2.24) is 14.9 Å². The first kappa shape index (κ1) is 20.7. The maximum atomic E-state index is 12.7. The van der Waals surface area contributed by atoms with E-state index >= 15 is 0 Å². The molecule has 1 fully saturated rings. The summed E-state index contributed by atoms with van der Waals surface area (Å²) in [5.74, 6) is 2.06. The molecule has 0 bridgehead atoms. The number of benzene rings is 1. The van der Waals surface area contributed by atoms with Gasteiger partial charge in [-0.15, -0.1) is 0 Å². The van der Waals surface area contributed by atoms with Crippen molar-refractivity contribution < 1.29 is 4.79 Å². The Morgan fingerprint density at radius 2 is 1.86 bits per heavy atom. The van der Waals surface area contributed by atoms with Gasteiger partial charge in [0, 0.05) is 49.5 Å². The third-order valence-electron chi connectivity index (χ3n) is 5.20. The number of carbonyl (C=O) groups is 1. The topological polar surface area (TPSA) is 85.1 Å². The van der Waals surface area contributed by atoms with Crippen LogP contribution in [0.15, 0.2) is 30.3 Å². The average Bonchev–Trinajstić information content (AvgIpc) is 2.73. The van der Waals surface area contributed by atoms with Crippen LogP contribution < -0.4 is 10.2 Å². The van der Waals surface area contributed by atoms with Gasteiger partial charge in [0.15, 0.2) is 0 Å². The summed E-state index contributed by atoms with van der Waals surface area (Å²) < 4.78 is 0. The van der Waals surface area contributed by atoms with Crippen molar-refractivity contribution in [3.05, 3.63) is 47.4 Å². The Kier molecular flexibility index (Phi) is 6.45. The number of nitrogens with zero attached hydrogens (tertiary/aromatic N) is 5. The molecule has 0 aliphatic carbocycles. The first-order valence-corrected chi connectivity index (χ1v) is 10.0. The van der Waals surface area contributed by atoms with Gasteiger partial charge in [0.2, 0.25) is 5.91 Å². The van der Waals surface area contributed by atoms with Gasteiger partial charge in [0.25, 0.3) is 0 Å². The lowest BCUT2D eigenvalue weighted by molar-refractivity contribution is -0.120. The molecule has 1 unspecified atom stereocenters. The van der Waals surface area contributed by atoms with E-state index in [1.807, 2.05) is 19.9 Å². The fourth-order valence-corrected chi connectivity index (χ4v) is 3.41. The molecule has 1 saturated heterocycles. The standard InChI is InChI=1S/C22H28N6O/c1-15(2)21-24-16(3)12-20(26-21)28-10-8-27(9-11-28)17(4)22(29)25-19-7-5-6-18(13-19)14-23/h5-7,12-13,15,17H,8-11H2,1-4H3,(H,25,29). The molecular formula is C22H28N6O. The molecule has 7 heteroatoms. The molecule has 2 heterocycles. The second-order valence-corrected chi connectivity index (χ2v) is 7.76. The number of rotatable bonds is 5. The minimum atomic E-state index is -0.249. The third kappa shape index (κ3) is 5.09. The summed E-state index contributed by atoms with van der Waals surface area (Å²) >= 11 is 0. The van der Waals surface area contributed by atoms with Gasteiger partial charge in [-0.3, -0.25) is 9.69 Å². The van der Waals surface area contributed by atoms with E-state index in [0.717, 1.165) is 43.5 Å². The molecular weight excluding hydrogens is 364 g/mol. The van der Waals surface area contributed by atoms with E-state index in [0.29, 0.717) is 11.3 Å². The van der Waals surface area contributed by atoms with Gasteiger partial charge >= 0.3 is 0 Å². The predicted molar refractivity (Wildman–Crippen MR) is 114 cm³/mol. The lowest BCUT2D eigenvalue weighted by Crippen LogP contribution is -2.53. The summed E-state index contributed by atoms with van der Waals surface area (Å²) in [5.41, 5.74) is 2.16. The van der Waals surface area contributed by atoms with Gasteiger partial charge in [-0.2, -0.15) is 5.26 Å². The normalized spacial score (nSPS) is 15.8. The van der Waals surface area contributed by atoms with Crippen molar-refractivity contribution in [2.75, 3.05) is 36.4 Å². The maximum Gasteiger partial charge on any atom is 0.241 e. The number of anilines is 2. The predicted octanol–water partition coefficient (Wildman–Crippen LogP) is 2.93. The molecule has 1 amide bonds. The Bertz CT molecular complexity index is 912. The first-order chi connectivity index (χ1) is 13.9. The lowest BCUT2D eigenvalue weighted by Gasteiger charge is -2.38. The maximum absolute atomic E-state index is 12.7. The highest BCUT2D eigenvalue weighted by Gasteiger charge is 2.26. The molecule has 1 N–H and O–H groups in total. The zero-order chi connectivity index (χ0) is 21.0. The molecule has 0 spiro atoms. The van der Waals surface area contributed by atoms with Crippen LogP contribution >= 0.6 is 0 Å². The largest absolute Gasteiger partial charge is 0.354 e. The smallest absolute Gasteiger partial charge is 0.241 e. The quantitative estimate of drug-likeness (QED) is 0.842. The summed E-state index contributed by atoms with van der Waals surface area (Å²) in [4.78, 5) is 26.3. The molecule has 1 aliphatic rings. The highest BCUT2D eigenvalue weighted by Crippen LogP contribution is 2.20. The van der Waals surface area contributed by atoms with E-state index in [1.165, 1.54) is 0 Å². The van der Waals surface area contributed by atoms with Gasteiger partial charge in [0.05, 0.1) is 17.7 Å². The molecule has 0 saturated carbocycles. The van der Waals surface area contributed by atoms with Crippen LogP contribution in [0.2, 0.25) is 0 Å². The zero-order valence-electron chi connectivity index (χ0n) is 17.5.